The highest BCUT2D eigenvalue weighted by atomic mass is 32.2. The first kappa shape index (κ1) is 10.4. The molecule has 1 saturated heterocycles. The molecule has 2 aliphatic rings. The third kappa shape index (κ3) is 1.69. The smallest absolute Gasteiger partial charge is 0.264 e. The lowest BCUT2D eigenvalue weighted by atomic mass is 10.1. The summed E-state index contributed by atoms with van der Waals surface area (Å²) < 4.78 is 0.559. The van der Waals surface area contributed by atoms with Gasteiger partial charge in [-0.15, -0.1) is 0 Å². The van der Waals surface area contributed by atoms with Crippen molar-refractivity contribution in [1.82, 2.24) is 5.32 Å². The number of amides is 1. The molecule has 16 heavy (non-hydrogen) atoms. The van der Waals surface area contributed by atoms with E-state index in [0.29, 0.717) is 4.32 Å². The summed E-state index contributed by atoms with van der Waals surface area (Å²) in [5.41, 5.74) is 1.29. The minimum absolute atomic E-state index is 0.0506. The molecule has 3 rings (SSSR count). The van der Waals surface area contributed by atoms with Crippen LogP contribution in [0.4, 0.5) is 0 Å². The third-order valence-electron chi connectivity index (χ3n) is 2.43. The first-order valence-electron chi connectivity index (χ1n) is 4.76. The fourth-order valence-corrected chi connectivity index (χ4v) is 4.06. The largest absolute Gasteiger partial charge is 0.307 e. The molecule has 0 aliphatic carbocycles. The quantitative estimate of drug-likeness (QED) is 0.577. The second-order valence-electron chi connectivity index (χ2n) is 3.48. The van der Waals surface area contributed by atoms with Crippen LogP contribution in [-0.2, 0) is 11.2 Å². The van der Waals surface area contributed by atoms with Crippen LogP contribution in [0, 0.1) is 0 Å². The van der Waals surface area contributed by atoms with Gasteiger partial charge in [-0.25, -0.2) is 0 Å². The minimum Gasteiger partial charge on any atom is -0.307 e. The van der Waals surface area contributed by atoms with Gasteiger partial charge in [-0.2, -0.15) is 0 Å². The molecule has 1 fully saturated rings. The van der Waals surface area contributed by atoms with Gasteiger partial charge in [0, 0.05) is 16.2 Å². The number of thioether (sulfide) groups is 2. The lowest BCUT2D eigenvalue weighted by Gasteiger charge is -1.97. The van der Waals surface area contributed by atoms with Crippen LogP contribution >= 0.6 is 35.7 Å². The van der Waals surface area contributed by atoms with E-state index in [1.807, 2.05) is 12.1 Å². The summed E-state index contributed by atoms with van der Waals surface area (Å²) in [6, 6.07) is 8.24. The van der Waals surface area contributed by atoms with Gasteiger partial charge in [0.1, 0.15) is 4.32 Å². The second kappa shape index (κ2) is 3.91. The van der Waals surface area contributed by atoms with Gasteiger partial charge in [-0.05, 0) is 11.6 Å². The van der Waals surface area contributed by atoms with Crippen LogP contribution in [0.3, 0.4) is 0 Å². The molecular formula is C11H7NOS3. The van der Waals surface area contributed by atoms with Crippen LogP contribution in [0.5, 0.6) is 0 Å². The molecule has 0 radical (unpaired) electrons. The summed E-state index contributed by atoms with van der Waals surface area (Å²) in [5.74, 6) is -0.0506. The predicted octanol–water partition coefficient (Wildman–Crippen LogP) is 2.69. The van der Waals surface area contributed by atoms with Crippen LogP contribution in [0.15, 0.2) is 39.0 Å². The van der Waals surface area contributed by atoms with Gasteiger partial charge in [0.25, 0.3) is 5.91 Å². The Morgan fingerprint density at radius 2 is 2.06 bits per heavy atom. The normalized spacial score (nSPS) is 23.5. The average Bonchev–Trinajstić information content (AvgIpc) is 2.81. The molecule has 0 saturated carbocycles. The van der Waals surface area contributed by atoms with E-state index >= 15 is 0 Å². The fraction of sp³-hybridized carbons (Fsp3) is 0.0909. The highest BCUT2D eigenvalue weighted by molar-refractivity contribution is 8.27. The zero-order valence-electron chi connectivity index (χ0n) is 8.15. The summed E-state index contributed by atoms with van der Waals surface area (Å²) >= 11 is 8.03. The Hall–Kier alpha value is -0.780. The second-order valence-corrected chi connectivity index (χ2v) is 6.31. The van der Waals surface area contributed by atoms with Gasteiger partial charge in [-0.1, -0.05) is 53.9 Å². The molecule has 0 unspecified atom stereocenters. The molecule has 2 heterocycles. The average molecular weight is 265 g/mol. The van der Waals surface area contributed by atoms with Gasteiger partial charge in [0.15, 0.2) is 0 Å². The topological polar surface area (TPSA) is 29.1 Å². The third-order valence-corrected chi connectivity index (χ3v) is 5.04. The number of thiocarbonyl (C=S) groups is 1. The van der Waals surface area contributed by atoms with Crippen molar-refractivity contribution < 1.29 is 4.79 Å². The van der Waals surface area contributed by atoms with E-state index in [4.69, 9.17) is 12.2 Å². The number of allylic oxidation sites excluding steroid dienone is 1. The first-order chi connectivity index (χ1) is 7.74. The number of nitrogens with one attached hydrogen (secondary N) is 1. The predicted molar refractivity (Wildman–Crippen MR) is 71.4 cm³/mol. The number of carbonyl (C=O) groups is 1. The Bertz CT molecular complexity index is 509. The highest BCUT2D eigenvalue weighted by Gasteiger charge is 2.29. The minimum atomic E-state index is -0.0506. The zero-order chi connectivity index (χ0) is 11.1. The van der Waals surface area contributed by atoms with E-state index in [-0.39, 0.29) is 5.91 Å². The standard InChI is InChI=1S/C11H7NOS3/c13-10-9(16-11(14)12-10)8-5-6-3-1-2-4-7(6)15-8/h1-4H,5H2,(H,12,13,14). The maximum Gasteiger partial charge on any atom is 0.264 e. The Morgan fingerprint density at radius 3 is 2.75 bits per heavy atom. The molecule has 5 heteroatoms. The van der Waals surface area contributed by atoms with Gasteiger partial charge >= 0.3 is 0 Å². The van der Waals surface area contributed by atoms with Crippen molar-refractivity contribution in [3.05, 3.63) is 39.6 Å². The van der Waals surface area contributed by atoms with E-state index in [9.17, 15) is 4.79 Å². The Morgan fingerprint density at radius 1 is 1.25 bits per heavy atom. The number of fused-ring (bicyclic) bond motifs is 1. The van der Waals surface area contributed by atoms with Gasteiger partial charge in [-0.3, -0.25) is 4.79 Å². The van der Waals surface area contributed by atoms with Crippen LogP contribution in [0.2, 0.25) is 0 Å². The molecule has 1 aromatic carbocycles. The number of benzene rings is 1. The van der Waals surface area contributed by atoms with Gasteiger partial charge in [0.2, 0.25) is 0 Å². The molecular weight excluding hydrogens is 258 g/mol. The molecule has 1 aromatic rings. The van der Waals surface area contributed by atoms with Crippen LogP contribution in [-0.4, -0.2) is 10.2 Å². The maximum atomic E-state index is 11.6. The van der Waals surface area contributed by atoms with E-state index in [1.165, 1.54) is 22.2 Å². The Labute approximate surface area is 107 Å². The molecule has 0 spiro atoms. The lowest BCUT2D eigenvalue weighted by molar-refractivity contribution is -0.115. The highest BCUT2D eigenvalue weighted by Crippen LogP contribution is 2.44. The molecule has 2 nitrogen and oxygen atoms in total. The fourth-order valence-electron chi connectivity index (χ4n) is 1.72. The van der Waals surface area contributed by atoms with Crippen molar-refractivity contribution in [2.75, 3.05) is 0 Å². The van der Waals surface area contributed by atoms with E-state index < -0.39 is 0 Å². The van der Waals surface area contributed by atoms with Crippen molar-refractivity contribution >= 4 is 46.0 Å². The van der Waals surface area contributed by atoms with Crippen molar-refractivity contribution in [2.24, 2.45) is 0 Å². The van der Waals surface area contributed by atoms with Crippen LogP contribution in [0.1, 0.15) is 5.56 Å². The Balaban J connectivity index is 1.99. The van der Waals surface area contributed by atoms with Crippen molar-refractivity contribution in [3.63, 3.8) is 0 Å². The molecule has 1 N–H and O–H groups in total. The number of rotatable bonds is 0. The summed E-state index contributed by atoms with van der Waals surface area (Å²) in [7, 11) is 0. The first-order valence-corrected chi connectivity index (χ1v) is 6.80. The Kier molecular flexibility index (Phi) is 2.53. The molecule has 2 aliphatic heterocycles. The van der Waals surface area contributed by atoms with E-state index in [2.05, 4.69) is 17.4 Å². The summed E-state index contributed by atoms with van der Waals surface area (Å²) in [6.07, 6.45) is 0.846. The molecule has 80 valence electrons. The van der Waals surface area contributed by atoms with Crippen molar-refractivity contribution in [3.8, 4) is 0 Å². The summed E-state index contributed by atoms with van der Waals surface area (Å²) in [5, 5.41) is 2.65. The summed E-state index contributed by atoms with van der Waals surface area (Å²) in [6.45, 7) is 0. The molecule has 0 bridgehead atoms. The van der Waals surface area contributed by atoms with E-state index in [0.717, 1.165) is 16.2 Å². The van der Waals surface area contributed by atoms with Gasteiger partial charge < -0.3 is 5.32 Å². The number of hydrogen-bond donors (Lipinski definition) is 1. The van der Waals surface area contributed by atoms with Crippen LogP contribution in [0.25, 0.3) is 0 Å². The number of carbonyl (C=O) groups excluding carboxylic acids is 1. The zero-order valence-corrected chi connectivity index (χ0v) is 10.6. The molecule has 0 atom stereocenters. The van der Waals surface area contributed by atoms with Crippen LogP contribution < -0.4 is 5.32 Å². The van der Waals surface area contributed by atoms with Crippen molar-refractivity contribution in [2.45, 2.75) is 11.3 Å². The molecule has 1 amide bonds. The number of hydrogen-bond acceptors (Lipinski definition) is 4. The molecule has 0 aromatic heterocycles. The van der Waals surface area contributed by atoms with Crippen molar-refractivity contribution in [1.29, 1.82) is 0 Å². The lowest BCUT2D eigenvalue weighted by Crippen LogP contribution is -2.18. The monoisotopic (exact) mass is 265 g/mol. The van der Waals surface area contributed by atoms with E-state index in [1.54, 1.807) is 11.8 Å². The van der Waals surface area contributed by atoms with Gasteiger partial charge in [0.05, 0.1) is 4.91 Å². The maximum absolute atomic E-state index is 11.6. The summed E-state index contributed by atoms with van der Waals surface area (Å²) in [4.78, 5) is 14.8. The SMILES string of the molecule is O=C1NC(=S)SC1=C1Cc2ccccc2S1.